The molecule has 2 fully saturated rings. The molecule has 10 heterocycles. The highest BCUT2D eigenvalue weighted by molar-refractivity contribution is 7.23. The number of anilines is 1. The average Bonchev–Trinajstić information content (AvgIpc) is 1.85. The van der Waals surface area contributed by atoms with E-state index in [9.17, 15) is 13.6 Å². The lowest BCUT2D eigenvalue weighted by atomic mass is 9.87. The molecule has 9 aromatic heterocycles. The highest BCUT2D eigenvalue weighted by Gasteiger charge is 2.27. The summed E-state index contributed by atoms with van der Waals surface area (Å²) in [6, 6.07) is 18.2. The van der Waals surface area contributed by atoms with Crippen LogP contribution in [0.5, 0.6) is 0 Å². The van der Waals surface area contributed by atoms with Gasteiger partial charge in [-0.25, -0.2) is 43.5 Å². The lowest BCUT2D eigenvalue weighted by molar-refractivity contribution is 0.182. The molecule has 23 heteroatoms. The third-order valence-electron chi connectivity index (χ3n) is 16.5. The van der Waals surface area contributed by atoms with E-state index in [1.54, 1.807) is 79.1 Å². The van der Waals surface area contributed by atoms with Gasteiger partial charge in [0.15, 0.2) is 0 Å². The van der Waals surface area contributed by atoms with E-state index in [2.05, 4.69) is 111 Å². The first-order valence-electron chi connectivity index (χ1n) is 30.4. The van der Waals surface area contributed by atoms with Gasteiger partial charge in [-0.05, 0) is 132 Å². The second kappa shape index (κ2) is 28.3. The molecule has 0 radical (unpaired) electrons. The van der Waals surface area contributed by atoms with Gasteiger partial charge in [-0.3, -0.25) is 14.0 Å². The fraction of sp³-hybridized carbons (Fsp3) is 0.358. The van der Waals surface area contributed by atoms with Crippen molar-refractivity contribution >= 4 is 82.1 Å². The first-order valence-corrected chi connectivity index (χ1v) is 32.8. The topological polar surface area (TPSA) is 199 Å². The summed E-state index contributed by atoms with van der Waals surface area (Å²) in [7, 11) is 5.85. The Bertz CT molecular complexity index is 4350. The number of fused-ring (bicyclic) bond motifs is 3. The number of ether oxygens (including phenoxy) is 1. The molecule has 2 atom stereocenters. The smallest absolute Gasteiger partial charge is 0.317 e. The number of allylic oxidation sites excluding steroid dienone is 2. The minimum atomic E-state index is -0.310. The number of nitrogens with one attached hydrogen (secondary N) is 1. The van der Waals surface area contributed by atoms with Crippen LogP contribution in [0.15, 0.2) is 110 Å². The second-order valence-electron chi connectivity index (χ2n) is 23.0. The van der Waals surface area contributed by atoms with E-state index < -0.39 is 0 Å². The Morgan fingerprint density at radius 3 is 1.64 bits per heavy atom. The molecule has 14 rings (SSSR count). The van der Waals surface area contributed by atoms with E-state index in [4.69, 9.17) is 5.26 Å². The fourth-order valence-corrected chi connectivity index (χ4v) is 15.4. The summed E-state index contributed by atoms with van der Waals surface area (Å²) in [5.41, 5.74) is 15.1. The number of rotatable bonds is 10. The molecule has 2 aliphatic carbocycles. The fourth-order valence-electron chi connectivity index (χ4n) is 11.8. The Balaban J connectivity index is 0.000000131. The van der Waals surface area contributed by atoms with Crippen molar-refractivity contribution in [2.45, 2.75) is 110 Å². The lowest BCUT2D eigenvalue weighted by Crippen LogP contribution is -2.52. The van der Waals surface area contributed by atoms with Crippen molar-refractivity contribution in [2.24, 2.45) is 21.1 Å². The van der Waals surface area contributed by atoms with Crippen molar-refractivity contribution in [1.82, 2.24) is 69.5 Å². The van der Waals surface area contributed by atoms with Crippen LogP contribution in [0.4, 0.5) is 19.4 Å². The number of aryl methyl sites for hydroxylation is 6. The minimum Gasteiger partial charge on any atom is -0.420 e. The molecule has 90 heavy (non-hydrogen) atoms. The third-order valence-corrected chi connectivity index (χ3v) is 20.0. The van der Waals surface area contributed by atoms with Crippen LogP contribution in [0.25, 0.3) is 67.5 Å². The molecule has 0 spiro atoms. The molecule has 464 valence electrons. The third kappa shape index (κ3) is 14.6. The highest BCUT2D eigenvalue weighted by Crippen LogP contribution is 2.43. The molecule has 1 N–H and O–H groups in total. The maximum Gasteiger partial charge on any atom is 0.317 e. The van der Waals surface area contributed by atoms with Crippen LogP contribution in [-0.4, -0.2) is 96.4 Å². The normalized spacial score (nSPS) is 15.0. The number of carbonyl (C=O) groups excluding carboxylic acids is 1. The number of urea groups is 1. The predicted octanol–water partition coefficient (Wildman–Crippen LogP) is 15.3. The summed E-state index contributed by atoms with van der Waals surface area (Å²) in [6.45, 7) is 12.3. The first-order chi connectivity index (χ1) is 43.6. The Kier molecular flexibility index (Phi) is 19.7. The second-order valence-corrected chi connectivity index (χ2v) is 26.1. The monoisotopic (exact) mass is 1270 g/mol. The van der Waals surface area contributed by atoms with Crippen LogP contribution in [0, 0.1) is 43.9 Å². The van der Waals surface area contributed by atoms with Gasteiger partial charge in [-0.1, -0.05) is 49.6 Å². The van der Waals surface area contributed by atoms with Gasteiger partial charge in [0.05, 0.1) is 65.2 Å². The number of piperazine rings is 1. The quantitative estimate of drug-likeness (QED) is 0.127. The van der Waals surface area contributed by atoms with E-state index >= 15 is 0 Å². The van der Waals surface area contributed by atoms with Crippen molar-refractivity contribution < 1.29 is 18.3 Å². The molecule has 18 nitrogen and oxygen atoms in total. The Labute approximate surface area is 534 Å². The van der Waals surface area contributed by atoms with E-state index in [1.807, 2.05) is 71.5 Å². The van der Waals surface area contributed by atoms with Gasteiger partial charge >= 0.3 is 6.03 Å². The van der Waals surface area contributed by atoms with Gasteiger partial charge < -0.3 is 19.9 Å². The van der Waals surface area contributed by atoms with Gasteiger partial charge in [0.1, 0.15) is 42.5 Å². The molecular formula is C67H72F2N16O2S3. The summed E-state index contributed by atoms with van der Waals surface area (Å²) in [6.07, 6.45) is 26.3. The number of amides is 2. The van der Waals surface area contributed by atoms with Gasteiger partial charge in [-0.2, -0.15) is 20.6 Å². The van der Waals surface area contributed by atoms with E-state index in [-0.39, 0.29) is 29.8 Å². The molecule has 2 aromatic carbocycles. The summed E-state index contributed by atoms with van der Waals surface area (Å²) < 4.78 is 39.3. The molecule has 2 amide bonds. The molecule has 11 aromatic rings. The predicted molar refractivity (Wildman–Crippen MR) is 354 cm³/mol. The SMILES string of the molecule is C[C@H](OC#N)c1ccc(F)cc1.Cc1nn(C)cc1-c1cc2ncnc(C3=CCCCC3)c2s1.Cc1nn(C)cc1-c1cc2ncnc(C3CCCCC3)c2s1.Cc1nn(C)cc1-c1cc2ncnc(N3CCN(C(=O)N[C@@H](C)c4ccc(F)cc4)CC3)c2s1. The van der Waals surface area contributed by atoms with Crippen molar-refractivity contribution in [1.29, 1.82) is 5.26 Å². The molecule has 1 aliphatic heterocycles. The summed E-state index contributed by atoms with van der Waals surface area (Å²) in [5.74, 6) is 0.942. The number of nitriles is 1. The minimum absolute atomic E-state index is 0.116. The standard InChI is InChI=1S/C24H26FN7OS.C17H20N4S.C17H18N4S.C9H8FNO/c1-15(17-4-6-18(25)7-5-17)28-24(33)32-10-8-31(9-11-32)23-22-20(26-14-27-23)12-21(34-22)19-13-30(3)29-16(19)2;2*1-11-13(9-21(2)20-11)15-8-14-17(22-15)16(19-10-18-14)12-6-4-3-5-7-12;1-7(12-6-11)8-2-4-9(10)5-3-8/h4-7,12-15H,8-11H2,1-3H3,(H,28,33);8-10,12H,3-7H2,1-2H3;6,8-10H,3-5,7H2,1-2H3;2-5,7H,1H3/t15-;;;7-/m0..0/s1. The molecule has 1 saturated heterocycles. The molecule has 3 aliphatic rings. The van der Waals surface area contributed by atoms with Crippen molar-refractivity contribution in [3.8, 4) is 37.6 Å². The van der Waals surface area contributed by atoms with E-state index in [1.165, 1.54) is 117 Å². The van der Waals surface area contributed by atoms with Crippen LogP contribution in [0.3, 0.4) is 0 Å². The molecular weight excluding hydrogens is 1200 g/mol. The zero-order valence-electron chi connectivity index (χ0n) is 51.8. The van der Waals surface area contributed by atoms with Crippen LogP contribution in [0.2, 0.25) is 0 Å². The lowest BCUT2D eigenvalue weighted by Gasteiger charge is -2.36. The van der Waals surface area contributed by atoms with Crippen LogP contribution < -0.4 is 10.2 Å². The number of carbonyl (C=O) groups is 1. The van der Waals surface area contributed by atoms with Crippen LogP contribution >= 0.6 is 34.0 Å². The number of benzene rings is 2. The van der Waals surface area contributed by atoms with Crippen LogP contribution in [0.1, 0.15) is 129 Å². The van der Waals surface area contributed by atoms with Gasteiger partial charge in [0.2, 0.25) is 0 Å². The highest BCUT2D eigenvalue weighted by atomic mass is 32.1. The number of halogens is 2. The summed E-state index contributed by atoms with van der Waals surface area (Å²) in [4.78, 5) is 47.6. The zero-order valence-corrected chi connectivity index (χ0v) is 54.3. The van der Waals surface area contributed by atoms with Crippen molar-refractivity contribution in [2.75, 3.05) is 31.1 Å². The van der Waals surface area contributed by atoms with E-state index in [0.717, 1.165) is 77.8 Å². The average molecular weight is 1270 g/mol. The van der Waals surface area contributed by atoms with Crippen LogP contribution in [-0.2, 0) is 25.9 Å². The first kappa shape index (κ1) is 62.7. The number of thiophene rings is 3. The van der Waals surface area contributed by atoms with Gasteiger partial charge in [-0.15, -0.1) is 34.0 Å². The Hall–Kier alpha value is -8.85. The zero-order chi connectivity index (χ0) is 63.0. The summed E-state index contributed by atoms with van der Waals surface area (Å²) >= 11 is 5.27. The maximum absolute atomic E-state index is 13.2. The number of nitrogens with zero attached hydrogens (tertiary/aromatic N) is 15. The summed E-state index contributed by atoms with van der Waals surface area (Å²) in [5, 5.41) is 24.6. The Morgan fingerprint density at radius 2 is 1.12 bits per heavy atom. The van der Waals surface area contributed by atoms with E-state index in [0.29, 0.717) is 32.1 Å². The maximum atomic E-state index is 13.2. The molecule has 0 unspecified atom stereocenters. The van der Waals surface area contributed by atoms with Crippen molar-refractivity contribution in [3.05, 3.63) is 162 Å². The van der Waals surface area contributed by atoms with Crippen molar-refractivity contribution in [3.63, 3.8) is 0 Å². The number of hydrogen-bond acceptors (Lipinski definition) is 16. The number of aromatic nitrogens is 12. The largest absolute Gasteiger partial charge is 0.420 e. The molecule has 1 saturated carbocycles. The van der Waals surface area contributed by atoms with Gasteiger partial charge in [0.25, 0.3) is 6.26 Å². The number of hydrogen-bond donors (Lipinski definition) is 1. The Morgan fingerprint density at radius 1 is 0.622 bits per heavy atom. The molecule has 0 bridgehead atoms. The van der Waals surface area contributed by atoms with Gasteiger partial charge in [0, 0.05) is 103 Å².